The highest BCUT2D eigenvalue weighted by Gasteiger charge is 2.11. The normalized spacial score (nSPS) is 12.6. The predicted octanol–water partition coefficient (Wildman–Crippen LogP) is 3.27. The summed E-state index contributed by atoms with van der Waals surface area (Å²) < 4.78 is 5.97. The molecule has 2 nitrogen and oxygen atoms in total. The predicted molar refractivity (Wildman–Crippen MR) is 57.6 cm³/mol. The van der Waals surface area contributed by atoms with E-state index in [2.05, 4.69) is 41.2 Å². The standard InChI is InChI=1S/C10H14BrNO/c1-7(2)6-9(12-3)8-4-5-13-10(8)11/h4-6,9,12H,1-3H3. The van der Waals surface area contributed by atoms with Crippen molar-refractivity contribution in [3.63, 3.8) is 0 Å². The minimum Gasteiger partial charge on any atom is -0.457 e. The Morgan fingerprint density at radius 1 is 1.62 bits per heavy atom. The number of hydrogen-bond acceptors (Lipinski definition) is 2. The van der Waals surface area contributed by atoms with Gasteiger partial charge in [0.1, 0.15) is 0 Å². The molecule has 0 aliphatic carbocycles. The monoisotopic (exact) mass is 243 g/mol. The molecule has 0 saturated carbocycles. The molecule has 0 spiro atoms. The van der Waals surface area contributed by atoms with Gasteiger partial charge in [0.15, 0.2) is 4.67 Å². The van der Waals surface area contributed by atoms with Crippen molar-refractivity contribution in [1.82, 2.24) is 5.32 Å². The molecule has 1 aromatic rings. The summed E-state index contributed by atoms with van der Waals surface area (Å²) in [5.41, 5.74) is 2.41. The van der Waals surface area contributed by atoms with Gasteiger partial charge in [-0.3, -0.25) is 0 Å². The fourth-order valence-corrected chi connectivity index (χ4v) is 1.68. The van der Waals surface area contributed by atoms with Crippen molar-refractivity contribution in [2.45, 2.75) is 19.9 Å². The van der Waals surface area contributed by atoms with E-state index in [0.717, 1.165) is 10.2 Å². The second kappa shape index (κ2) is 4.63. The van der Waals surface area contributed by atoms with Gasteiger partial charge in [0, 0.05) is 5.56 Å². The Kier molecular flexibility index (Phi) is 3.75. The van der Waals surface area contributed by atoms with Crippen molar-refractivity contribution in [2.24, 2.45) is 0 Å². The number of likely N-dealkylation sites (N-methyl/N-ethyl adjacent to an activating group) is 1. The fraction of sp³-hybridized carbons (Fsp3) is 0.400. The minimum atomic E-state index is 0.220. The number of halogens is 1. The van der Waals surface area contributed by atoms with Crippen molar-refractivity contribution in [2.75, 3.05) is 7.05 Å². The van der Waals surface area contributed by atoms with Crippen LogP contribution in [0.3, 0.4) is 0 Å². The van der Waals surface area contributed by atoms with Crippen LogP contribution in [0.25, 0.3) is 0 Å². The van der Waals surface area contributed by atoms with Crippen LogP contribution in [-0.4, -0.2) is 7.05 Å². The Balaban J connectivity index is 2.91. The third kappa shape index (κ3) is 2.71. The molecule has 0 radical (unpaired) electrons. The van der Waals surface area contributed by atoms with Crippen LogP contribution >= 0.6 is 15.9 Å². The molecule has 0 aliphatic heterocycles. The first kappa shape index (κ1) is 10.5. The fourth-order valence-electron chi connectivity index (χ4n) is 1.19. The number of hydrogen-bond donors (Lipinski definition) is 1. The molecular formula is C10H14BrNO. The van der Waals surface area contributed by atoms with E-state index in [9.17, 15) is 0 Å². The van der Waals surface area contributed by atoms with Gasteiger partial charge in [-0.15, -0.1) is 0 Å². The van der Waals surface area contributed by atoms with Crippen LogP contribution in [0.5, 0.6) is 0 Å². The summed E-state index contributed by atoms with van der Waals surface area (Å²) in [6, 6.07) is 2.18. The molecule has 72 valence electrons. The van der Waals surface area contributed by atoms with Gasteiger partial charge in [0.25, 0.3) is 0 Å². The number of rotatable bonds is 3. The van der Waals surface area contributed by atoms with E-state index in [1.54, 1.807) is 6.26 Å². The summed E-state index contributed by atoms with van der Waals surface area (Å²) in [4.78, 5) is 0. The lowest BCUT2D eigenvalue weighted by Crippen LogP contribution is -2.13. The van der Waals surface area contributed by atoms with Gasteiger partial charge in [-0.2, -0.15) is 0 Å². The molecule has 13 heavy (non-hydrogen) atoms. The number of allylic oxidation sites excluding steroid dienone is 1. The van der Waals surface area contributed by atoms with Crippen molar-refractivity contribution >= 4 is 15.9 Å². The van der Waals surface area contributed by atoms with E-state index in [-0.39, 0.29) is 6.04 Å². The van der Waals surface area contributed by atoms with Crippen LogP contribution in [0.4, 0.5) is 0 Å². The van der Waals surface area contributed by atoms with Gasteiger partial charge in [-0.25, -0.2) is 0 Å². The lowest BCUT2D eigenvalue weighted by Gasteiger charge is -2.10. The zero-order valence-electron chi connectivity index (χ0n) is 8.10. The van der Waals surface area contributed by atoms with Gasteiger partial charge in [0.05, 0.1) is 12.3 Å². The van der Waals surface area contributed by atoms with Gasteiger partial charge in [0.2, 0.25) is 0 Å². The molecule has 0 aromatic carbocycles. The molecule has 1 heterocycles. The second-order valence-electron chi connectivity index (χ2n) is 3.16. The zero-order valence-corrected chi connectivity index (χ0v) is 9.68. The molecule has 1 rings (SSSR count). The van der Waals surface area contributed by atoms with E-state index in [1.165, 1.54) is 5.57 Å². The van der Waals surface area contributed by atoms with Gasteiger partial charge in [-0.1, -0.05) is 11.6 Å². The third-order valence-corrected chi connectivity index (χ3v) is 2.44. The largest absolute Gasteiger partial charge is 0.457 e. The van der Waals surface area contributed by atoms with Crippen molar-refractivity contribution in [1.29, 1.82) is 0 Å². The molecule has 0 aliphatic rings. The average molecular weight is 244 g/mol. The number of furan rings is 1. The topological polar surface area (TPSA) is 25.2 Å². The highest BCUT2D eigenvalue weighted by atomic mass is 79.9. The molecule has 3 heteroatoms. The van der Waals surface area contributed by atoms with E-state index >= 15 is 0 Å². The third-order valence-electron chi connectivity index (χ3n) is 1.79. The lowest BCUT2D eigenvalue weighted by atomic mass is 10.1. The number of nitrogens with one attached hydrogen (secondary N) is 1. The molecule has 0 saturated heterocycles. The van der Waals surface area contributed by atoms with E-state index < -0.39 is 0 Å². The van der Waals surface area contributed by atoms with Crippen molar-refractivity contribution < 1.29 is 4.42 Å². The molecule has 0 bridgehead atoms. The first-order valence-electron chi connectivity index (χ1n) is 4.20. The molecule has 0 fully saturated rings. The Hall–Kier alpha value is -0.540. The minimum absolute atomic E-state index is 0.220. The molecule has 1 atom stereocenters. The van der Waals surface area contributed by atoms with Crippen LogP contribution in [0, 0.1) is 0 Å². The Morgan fingerprint density at radius 2 is 2.31 bits per heavy atom. The second-order valence-corrected chi connectivity index (χ2v) is 3.88. The summed E-state index contributed by atoms with van der Waals surface area (Å²) in [6.45, 7) is 4.16. The zero-order chi connectivity index (χ0) is 9.84. The Bertz CT molecular complexity index is 300. The highest BCUT2D eigenvalue weighted by molar-refractivity contribution is 9.10. The van der Waals surface area contributed by atoms with Gasteiger partial charge in [-0.05, 0) is 42.9 Å². The molecule has 1 unspecified atom stereocenters. The van der Waals surface area contributed by atoms with Gasteiger partial charge >= 0.3 is 0 Å². The molecule has 0 amide bonds. The maximum Gasteiger partial charge on any atom is 0.174 e. The molecule has 1 N–H and O–H groups in total. The van der Waals surface area contributed by atoms with E-state index in [0.29, 0.717) is 0 Å². The van der Waals surface area contributed by atoms with Crippen molar-refractivity contribution in [3.8, 4) is 0 Å². The summed E-state index contributed by atoms with van der Waals surface area (Å²) in [5.74, 6) is 0. The maximum absolute atomic E-state index is 5.18. The average Bonchev–Trinajstić information content (AvgIpc) is 2.47. The lowest BCUT2D eigenvalue weighted by molar-refractivity contribution is 0.531. The van der Waals surface area contributed by atoms with Crippen LogP contribution < -0.4 is 5.32 Å². The van der Waals surface area contributed by atoms with Crippen LogP contribution in [0.1, 0.15) is 25.5 Å². The van der Waals surface area contributed by atoms with Crippen molar-refractivity contribution in [3.05, 3.63) is 34.2 Å². The summed E-state index contributed by atoms with van der Waals surface area (Å²) >= 11 is 3.36. The molecular weight excluding hydrogens is 230 g/mol. The smallest absolute Gasteiger partial charge is 0.174 e. The van der Waals surface area contributed by atoms with Crippen LogP contribution in [-0.2, 0) is 0 Å². The first-order chi connectivity index (χ1) is 6.15. The first-order valence-corrected chi connectivity index (χ1v) is 4.99. The van der Waals surface area contributed by atoms with Crippen LogP contribution in [0.2, 0.25) is 0 Å². The SMILES string of the molecule is CNC(C=C(C)C)c1ccoc1Br. The highest BCUT2D eigenvalue weighted by Crippen LogP contribution is 2.25. The summed E-state index contributed by atoms with van der Waals surface area (Å²) in [7, 11) is 1.93. The van der Waals surface area contributed by atoms with E-state index in [4.69, 9.17) is 4.42 Å². The summed E-state index contributed by atoms with van der Waals surface area (Å²) in [6.07, 6.45) is 3.85. The Labute approximate surface area is 87.1 Å². The maximum atomic E-state index is 5.18. The van der Waals surface area contributed by atoms with Crippen LogP contribution in [0.15, 0.2) is 33.1 Å². The summed E-state index contributed by atoms with van der Waals surface area (Å²) in [5, 5.41) is 3.21. The van der Waals surface area contributed by atoms with Gasteiger partial charge < -0.3 is 9.73 Å². The Morgan fingerprint density at radius 3 is 2.69 bits per heavy atom. The van der Waals surface area contributed by atoms with E-state index in [1.807, 2.05) is 13.1 Å². The quantitative estimate of drug-likeness (QED) is 0.825. The molecule has 1 aromatic heterocycles.